The van der Waals surface area contributed by atoms with Gasteiger partial charge in [0.2, 0.25) is 5.91 Å². The first-order chi connectivity index (χ1) is 8.11. The summed E-state index contributed by atoms with van der Waals surface area (Å²) < 4.78 is 5.13. The van der Waals surface area contributed by atoms with Crippen molar-refractivity contribution in [2.24, 2.45) is 5.92 Å². The van der Waals surface area contributed by atoms with Crippen LogP contribution >= 0.6 is 0 Å². The normalized spacial score (nSPS) is 21.7. The van der Waals surface area contributed by atoms with Crippen molar-refractivity contribution in [1.82, 2.24) is 4.90 Å². The van der Waals surface area contributed by atoms with Crippen LogP contribution in [0.25, 0.3) is 0 Å². The Kier molecular flexibility index (Phi) is 3.36. The molecule has 0 bridgehead atoms. The van der Waals surface area contributed by atoms with Gasteiger partial charge in [0.15, 0.2) is 0 Å². The van der Waals surface area contributed by atoms with E-state index in [1.165, 1.54) is 0 Å². The molecule has 0 aliphatic carbocycles. The van der Waals surface area contributed by atoms with E-state index in [0.29, 0.717) is 12.3 Å². The number of carbonyl (C=O) groups is 1. The van der Waals surface area contributed by atoms with Crippen LogP contribution in [-0.2, 0) is 4.79 Å². The molecule has 1 aliphatic heterocycles. The second-order valence-corrected chi connectivity index (χ2v) is 4.80. The van der Waals surface area contributed by atoms with Crippen molar-refractivity contribution in [2.75, 3.05) is 13.7 Å². The molecule has 2 rings (SSSR count). The first-order valence-corrected chi connectivity index (χ1v) is 6.05. The summed E-state index contributed by atoms with van der Waals surface area (Å²) in [5.41, 5.74) is 1.16. The van der Waals surface area contributed by atoms with E-state index in [4.69, 9.17) is 4.74 Å². The Morgan fingerprint density at radius 2 is 2.00 bits per heavy atom. The van der Waals surface area contributed by atoms with Crippen LogP contribution in [0.2, 0.25) is 0 Å². The molecule has 3 nitrogen and oxygen atoms in total. The number of methoxy groups -OCH3 is 1. The van der Waals surface area contributed by atoms with Crippen LogP contribution in [0.4, 0.5) is 0 Å². The first-order valence-electron chi connectivity index (χ1n) is 6.05. The summed E-state index contributed by atoms with van der Waals surface area (Å²) in [6, 6.07) is 8.09. The standard InChI is InChI=1S/C14H19NO2/c1-10-8-14(16)15(9-10)11(2)12-4-6-13(17-3)7-5-12/h4-7,10-11H,8-9H2,1-3H3/t10?,11-/m0/s1. The van der Waals surface area contributed by atoms with Gasteiger partial charge in [0, 0.05) is 13.0 Å². The molecule has 1 aromatic carbocycles. The van der Waals surface area contributed by atoms with Gasteiger partial charge in [-0.1, -0.05) is 19.1 Å². The van der Waals surface area contributed by atoms with Crippen LogP contribution in [0, 0.1) is 5.92 Å². The van der Waals surface area contributed by atoms with Gasteiger partial charge in [-0.2, -0.15) is 0 Å². The third-order valence-electron chi connectivity index (χ3n) is 3.42. The highest BCUT2D eigenvalue weighted by Gasteiger charge is 2.30. The van der Waals surface area contributed by atoms with E-state index in [0.717, 1.165) is 17.9 Å². The SMILES string of the molecule is COc1ccc([C@H](C)N2CC(C)CC2=O)cc1. The molecule has 1 heterocycles. The maximum atomic E-state index is 11.8. The Morgan fingerprint density at radius 3 is 2.47 bits per heavy atom. The Bertz CT molecular complexity index is 399. The van der Waals surface area contributed by atoms with Gasteiger partial charge in [-0.3, -0.25) is 4.79 Å². The average Bonchev–Trinajstić information content (AvgIpc) is 2.68. The van der Waals surface area contributed by atoms with Gasteiger partial charge in [0.25, 0.3) is 0 Å². The monoisotopic (exact) mass is 233 g/mol. The third kappa shape index (κ3) is 2.43. The summed E-state index contributed by atoms with van der Waals surface area (Å²) in [7, 11) is 1.66. The molecule has 0 spiro atoms. The molecule has 2 atom stereocenters. The number of benzene rings is 1. The number of amides is 1. The van der Waals surface area contributed by atoms with Gasteiger partial charge in [-0.15, -0.1) is 0 Å². The topological polar surface area (TPSA) is 29.5 Å². The number of hydrogen-bond donors (Lipinski definition) is 0. The zero-order valence-corrected chi connectivity index (χ0v) is 10.6. The van der Waals surface area contributed by atoms with E-state index in [1.54, 1.807) is 7.11 Å². The summed E-state index contributed by atoms with van der Waals surface area (Å²) in [6.45, 7) is 5.07. The molecule has 0 saturated carbocycles. The van der Waals surface area contributed by atoms with E-state index >= 15 is 0 Å². The van der Waals surface area contributed by atoms with E-state index in [9.17, 15) is 4.79 Å². The predicted molar refractivity (Wildman–Crippen MR) is 66.9 cm³/mol. The Morgan fingerprint density at radius 1 is 1.35 bits per heavy atom. The summed E-state index contributed by atoms with van der Waals surface area (Å²) in [5.74, 6) is 1.59. The second kappa shape index (κ2) is 4.78. The predicted octanol–water partition coefficient (Wildman–Crippen LogP) is 2.62. The third-order valence-corrected chi connectivity index (χ3v) is 3.42. The number of ether oxygens (including phenoxy) is 1. The number of rotatable bonds is 3. The molecule has 17 heavy (non-hydrogen) atoms. The van der Waals surface area contributed by atoms with Crippen LogP contribution in [-0.4, -0.2) is 24.5 Å². The first kappa shape index (κ1) is 12.0. The van der Waals surface area contributed by atoms with E-state index in [2.05, 4.69) is 13.8 Å². The number of hydrogen-bond acceptors (Lipinski definition) is 2. The highest BCUT2D eigenvalue weighted by atomic mass is 16.5. The largest absolute Gasteiger partial charge is 0.497 e. The van der Waals surface area contributed by atoms with Crippen molar-refractivity contribution >= 4 is 5.91 Å². The van der Waals surface area contributed by atoms with Crippen molar-refractivity contribution < 1.29 is 9.53 Å². The quantitative estimate of drug-likeness (QED) is 0.803. The minimum absolute atomic E-state index is 0.151. The molecule has 1 aliphatic rings. The van der Waals surface area contributed by atoms with E-state index in [1.807, 2.05) is 29.2 Å². The van der Waals surface area contributed by atoms with E-state index in [-0.39, 0.29) is 11.9 Å². The summed E-state index contributed by atoms with van der Waals surface area (Å²) >= 11 is 0. The molecule has 1 amide bonds. The van der Waals surface area contributed by atoms with Crippen molar-refractivity contribution in [3.8, 4) is 5.75 Å². The lowest BCUT2D eigenvalue weighted by molar-refractivity contribution is -0.129. The number of nitrogens with zero attached hydrogens (tertiary/aromatic N) is 1. The Balaban J connectivity index is 2.13. The molecule has 1 fully saturated rings. The lowest BCUT2D eigenvalue weighted by Crippen LogP contribution is -2.28. The fourth-order valence-electron chi connectivity index (χ4n) is 2.35. The van der Waals surface area contributed by atoms with Gasteiger partial charge < -0.3 is 9.64 Å². The second-order valence-electron chi connectivity index (χ2n) is 4.80. The number of carbonyl (C=O) groups excluding carboxylic acids is 1. The molecular formula is C14H19NO2. The van der Waals surface area contributed by atoms with Crippen LogP contribution in [0.3, 0.4) is 0 Å². The van der Waals surface area contributed by atoms with Gasteiger partial charge >= 0.3 is 0 Å². The van der Waals surface area contributed by atoms with Gasteiger partial charge in [0.1, 0.15) is 5.75 Å². The lowest BCUT2D eigenvalue weighted by Gasteiger charge is -2.25. The summed E-state index contributed by atoms with van der Waals surface area (Å²) in [4.78, 5) is 13.8. The molecule has 1 unspecified atom stereocenters. The minimum Gasteiger partial charge on any atom is -0.497 e. The Hall–Kier alpha value is -1.51. The van der Waals surface area contributed by atoms with Gasteiger partial charge in [-0.05, 0) is 30.5 Å². The highest BCUT2D eigenvalue weighted by Crippen LogP contribution is 2.28. The Labute approximate surface area is 102 Å². The zero-order chi connectivity index (χ0) is 12.4. The van der Waals surface area contributed by atoms with Crippen molar-refractivity contribution in [1.29, 1.82) is 0 Å². The van der Waals surface area contributed by atoms with Crippen LogP contribution in [0.5, 0.6) is 5.75 Å². The molecule has 1 saturated heterocycles. The number of likely N-dealkylation sites (tertiary alicyclic amines) is 1. The molecule has 0 radical (unpaired) electrons. The summed E-state index contributed by atoms with van der Waals surface area (Å²) in [6.07, 6.45) is 0.681. The van der Waals surface area contributed by atoms with Crippen LogP contribution in [0.1, 0.15) is 31.9 Å². The van der Waals surface area contributed by atoms with Crippen molar-refractivity contribution in [3.63, 3.8) is 0 Å². The highest BCUT2D eigenvalue weighted by molar-refractivity contribution is 5.79. The fraction of sp³-hybridized carbons (Fsp3) is 0.500. The molecule has 0 aromatic heterocycles. The van der Waals surface area contributed by atoms with Crippen molar-refractivity contribution in [2.45, 2.75) is 26.3 Å². The minimum atomic E-state index is 0.151. The molecular weight excluding hydrogens is 214 g/mol. The molecule has 0 N–H and O–H groups in total. The maximum Gasteiger partial charge on any atom is 0.223 e. The summed E-state index contributed by atoms with van der Waals surface area (Å²) in [5, 5.41) is 0. The van der Waals surface area contributed by atoms with Gasteiger partial charge in [-0.25, -0.2) is 0 Å². The van der Waals surface area contributed by atoms with Crippen LogP contribution in [0.15, 0.2) is 24.3 Å². The van der Waals surface area contributed by atoms with Crippen LogP contribution < -0.4 is 4.74 Å². The van der Waals surface area contributed by atoms with E-state index < -0.39 is 0 Å². The fourth-order valence-corrected chi connectivity index (χ4v) is 2.35. The molecule has 1 aromatic rings. The smallest absolute Gasteiger partial charge is 0.223 e. The van der Waals surface area contributed by atoms with Crippen molar-refractivity contribution in [3.05, 3.63) is 29.8 Å². The molecule has 92 valence electrons. The molecule has 3 heteroatoms. The maximum absolute atomic E-state index is 11.8. The van der Waals surface area contributed by atoms with Gasteiger partial charge in [0.05, 0.1) is 13.2 Å². The average molecular weight is 233 g/mol. The lowest BCUT2D eigenvalue weighted by atomic mass is 10.1. The zero-order valence-electron chi connectivity index (χ0n) is 10.6.